The molecule has 0 radical (unpaired) electrons. The van der Waals surface area contributed by atoms with Crippen LogP contribution in [0, 0.1) is 17.8 Å². The Morgan fingerprint density at radius 3 is 2.42 bits per heavy atom. The molecule has 4 rings (SSSR count). The van der Waals surface area contributed by atoms with Crippen LogP contribution in [-0.2, 0) is 19.1 Å². The molecule has 1 heterocycles. The zero-order valence-electron chi connectivity index (χ0n) is 18.6. The van der Waals surface area contributed by atoms with Crippen LogP contribution < -0.4 is 15.0 Å². The van der Waals surface area contributed by atoms with E-state index in [2.05, 4.69) is 12.2 Å². The molecule has 3 amide bonds. The van der Waals surface area contributed by atoms with E-state index in [1.54, 1.807) is 36.4 Å². The highest BCUT2D eigenvalue weighted by atomic mass is 16.5. The number of hydrogen-bond donors (Lipinski definition) is 1. The predicted molar refractivity (Wildman–Crippen MR) is 121 cm³/mol. The smallest absolute Gasteiger partial charge is 0.338 e. The maximum Gasteiger partial charge on any atom is 0.338 e. The van der Waals surface area contributed by atoms with Gasteiger partial charge in [-0.1, -0.05) is 19.1 Å². The second-order valence-electron chi connectivity index (χ2n) is 8.51. The number of carbonyl (C=O) groups is 4. The lowest BCUT2D eigenvalue weighted by Crippen LogP contribution is -2.30. The molecule has 172 valence electrons. The van der Waals surface area contributed by atoms with Crippen LogP contribution >= 0.6 is 0 Å². The first kappa shape index (κ1) is 22.5. The zero-order chi connectivity index (χ0) is 23.5. The number of fused-ring (bicyclic) bond motifs is 1. The molecular formula is C25H26N2O6. The normalized spacial score (nSPS) is 22.0. The number of nitrogens with zero attached hydrogens (tertiary/aromatic N) is 1. The molecule has 1 aliphatic carbocycles. The molecule has 8 nitrogen and oxygen atoms in total. The van der Waals surface area contributed by atoms with Gasteiger partial charge in [0.05, 0.1) is 35.9 Å². The van der Waals surface area contributed by atoms with E-state index in [9.17, 15) is 19.2 Å². The van der Waals surface area contributed by atoms with Gasteiger partial charge in [0, 0.05) is 0 Å². The number of imide groups is 1. The summed E-state index contributed by atoms with van der Waals surface area (Å²) in [5.41, 5.74) is 1.13. The number of anilines is 2. The third-order valence-electron chi connectivity index (χ3n) is 6.26. The Morgan fingerprint density at radius 2 is 1.70 bits per heavy atom. The first-order valence-electron chi connectivity index (χ1n) is 11.0. The van der Waals surface area contributed by atoms with Gasteiger partial charge >= 0.3 is 5.97 Å². The van der Waals surface area contributed by atoms with E-state index in [0.717, 1.165) is 19.3 Å². The lowest BCUT2D eigenvalue weighted by molar-refractivity contribution is -0.122. The number of esters is 1. The summed E-state index contributed by atoms with van der Waals surface area (Å²) in [7, 11) is 1.49. The Kier molecular flexibility index (Phi) is 6.44. The average Bonchev–Trinajstić information content (AvgIpc) is 3.07. The van der Waals surface area contributed by atoms with Gasteiger partial charge in [0.2, 0.25) is 11.8 Å². The lowest BCUT2D eigenvalue weighted by atomic mass is 9.76. The standard InChI is InChI=1S/C25H26N2O6/c1-15-7-12-18-19(13-15)24(30)27(23(18)29)17-10-8-16(9-11-17)25(31)33-14-22(28)26-20-5-3-4-6-21(20)32-2/h3-6,8-11,15,18-19H,7,12-14H2,1-2H3,(H,26,28)/t15-,18-,19-/m1/s1. The van der Waals surface area contributed by atoms with Crippen LogP contribution in [0.2, 0.25) is 0 Å². The minimum atomic E-state index is -0.682. The first-order chi connectivity index (χ1) is 15.9. The quantitative estimate of drug-likeness (QED) is 0.535. The molecule has 2 aliphatic rings. The molecule has 1 N–H and O–H groups in total. The maximum absolute atomic E-state index is 12.8. The van der Waals surface area contributed by atoms with Crippen molar-refractivity contribution in [3.05, 3.63) is 54.1 Å². The Morgan fingerprint density at radius 1 is 1.00 bits per heavy atom. The molecule has 33 heavy (non-hydrogen) atoms. The fraction of sp³-hybridized carbons (Fsp3) is 0.360. The Hall–Kier alpha value is -3.68. The zero-order valence-corrected chi connectivity index (χ0v) is 18.6. The van der Waals surface area contributed by atoms with Gasteiger partial charge in [-0.3, -0.25) is 19.3 Å². The van der Waals surface area contributed by atoms with E-state index in [4.69, 9.17) is 9.47 Å². The third kappa shape index (κ3) is 4.60. The molecule has 1 aliphatic heterocycles. The van der Waals surface area contributed by atoms with E-state index in [0.29, 0.717) is 23.0 Å². The molecular weight excluding hydrogens is 424 g/mol. The summed E-state index contributed by atoms with van der Waals surface area (Å²) in [5.74, 6) is -1.10. The van der Waals surface area contributed by atoms with Crippen LogP contribution in [0.1, 0.15) is 36.5 Å². The van der Waals surface area contributed by atoms with E-state index in [1.165, 1.54) is 24.1 Å². The van der Waals surface area contributed by atoms with Gasteiger partial charge in [0.15, 0.2) is 6.61 Å². The van der Waals surface area contributed by atoms with Crippen molar-refractivity contribution in [1.82, 2.24) is 0 Å². The van der Waals surface area contributed by atoms with Gasteiger partial charge < -0.3 is 14.8 Å². The Bertz CT molecular complexity index is 1080. The van der Waals surface area contributed by atoms with Crippen molar-refractivity contribution in [3.63, 3.8) is 0 Å². The van der Waals surface area contributed by atoms with E-state index < -0.39 is 18.5 Å². The van der Waals surface area contributed by atoms with Crippen molar-refractivity contribution in [2.75, 3.05) is 23.9 Å². The molecule has 3 atom stereocenters. The summed E-state index contributed by atoms with van der Waals surface area (Å²) in [6, 6.07) is 13.0. The molecule has 1 saturated carbocycles. The van der Waals surface area contributed by atoms with Crippen LogP contribution in [-0.4, -0.2) is 37.4 Å². The van der Waals surface area contributed by atoms with Gasteiger partial charge in [-0.15, -0.1) is 0 Å². The lowest BCUT2D eigenvalue weighted by Gasteiger charge is -2.25. The second-order valence-corrected chi connectivity index (χ2v) is 8.51. The first-order valence-corrected chi connectivity index (χ1v) is 11.0. The van der Waals surface area contributed by atoms with E-state index in [-0.39, 0.29) is 29.2 Å². The number of hydrogen-bond acceptors (Lipinski definition) is 6. The summed E-state index contributed by atoms with van der Waals surface area (Å²) in [5, 5.41) is 2.63. The minimum Gasteiger partial charge on any atom is -0.495 e. The molecule has 0 spiro atoms. The average molecular weight is 450 g/mol. The van der Waals surface area contributed by atoms with Crippen molar-refractivity contribution in [2.45, 2.75) is 26.2 Å². The van der Waals surface area contributed by atoms with Crippen molar-refractivity contribution in [3.8, 4) is 5.75 Å². The summed E-state index contributed by atoms with van der Waals surface area (Å²) < 4.78 is 10.3. The number of para-hydroxylation sites is 2. The summed E-state index contributed by atoms with van der Waals surface area (Å²) in [6.07, 6.45) is 2.41. The van der Waals surface area contributed by atoms with Crippen molar-refractivity contribution in [1.29, 1.82) is 0 Å². The van der Waals surface area contributed by atoms with Gasteiger partial charge in [-0.2, -0.15) is 0 Å². The predicted octanol–water partition coefficient (Wildman–Crippen LogP) is 3.42. The molecule has 2 aromatic carbocycles. The topological polar surface area (TPSA) is 102 Å². The van der Waals surface area contributed by atoms with Crippen LogP contribution in [0.15, 0.2) is 48.5 Å². The minimum absolute atomic E-state index is 0.166. The number of benzene rings is 2. The van der Waals surface area contributed by atoms with E-state index in [1.807, 2.05) is 0 Å². The summed E-state index contributed by atoms with van der Waals surface area (Å²) in [4.78, 5) is 51.4. The number of rotatable bonds is 6. The van der Waals surface area contributed by atoms with Crippen LogP contribution in [0.5, 0.6) is 5.75 Å². The summed E-state index contributed by atoms with van der Waals surface area (Å²) >= 11 is 0. The molecule has 0 bridgehead atoms. The van der Waals surface area contributed by atoms with E-state index >= 15 is 0 Å². The van der Waals surface area contributed by atoms with Crippen molar-refractivity contribution >= 4 is 35.1 Å². The van der Waals surface area contributed by atoms with Crippen LogP contribution in [0.4, 0.5) is 11.4 Å². The number of ether oxygens (including phenoxy) is 2. The molecule has 0 unspecified atom stereocenters. The largest absolute Gasteiger partial charge is 0.495 e. The SMILES string of the molecule is COc1ccccc1NC(=O)COC(=O)c1ccc(N2C(=O)[C@@H]3CC[C@@H](C)C[C@H]3C2=O)cc1. The van der Waals surface area contributed by atoms with Gasteiger partial charge in [-0.05, 0) is 61.6 Å². The maximum atomic E-state index is 12.8. The number of carbonyl (C=O) groups excluding carboxylic acids is 4. The highest BCUT2D eigenvalue weighted by molar-refractivity contribution is 6.22. The monoisotopic (exact) mass is 450 g/mol. The van der Waals surface area contributed by atoms with Crippen molar-refractivity contribution in [2.24, 2.45) is 17.8 Å². The van der Waals surface area contributed by atoms with Crippen LogP contribution in [0.25, 0.3) is 0 Å². The van der Waals surface area contributed by atoms with Crippen LogP contribution in [0.3, 0.4) is 0 Å². The number of amides is 3. The highest BCUT2D eigenvalue weighted by Crippen LogP contribution is 2.42. The number of nitrogens with one attached hydrogen (secondary N) is 1. The molecule has 2 fully saturated rings. The number of methoxy groups -OCH3 is 1. The fourth-order valence-electron chi connectivity index (χ4n) is 4.54. The Labute approximate surface area is 191 Å². The summed E-state index contributed by atoms with van der Waals surface area (Å²) in [6.45, 7) is 1.64. The van der Waals surface area contributed by atoms with Gasteiger partial charge in [0.25, 0.3) is 5.91 Å². The highest BCUT2D eigenvalue weighted by Gasteiger charge is 2.49. The van der Waals surface area contributed by atoms with Crippen molar-refractivity contribution < 1.29 is 28.7 Å². The van der Waals surface area contributed by atoms with Gasteiger partial charge in [-0.25, -0.2) is 4.79 Å². The molecule has 8 heteroatoms. The Balaban J connectivity index is 1.36. The molecule has 2 aromatic rings. The molecule has 0 aromatic heterocycles. The third-order valence-corrected chi connectivity index (χ3v) is 6.26. The van der Waals surface area contributed by atoms with Gasteiger partial charge in [0.1, 0.15) is 5.75 Å². The second kappa shape index (κ2) is 9.44. The fourth-order valence-corrected chi connectivity index (χ4v) is 4.54. The molecule has 1 saturated heterocycles.